The molecule has 0 amide bonds. The molecule has 1 saturated carbocycles. The van der Waals surface area contributed by atoms with Gasteiger partial charge in [0.1, 0.15) is 0 Å². The highest BCUT2D eigenvalue weighted by molar-refractivity contribution is 5.93. The van der Waals surface area contributed by atoms with Gasteiger partial charge in [0.05, 0.1) is 0 Å². The molecule has 0 saturated heterocycles. The first-order chi connectivity index (χ1) is 9.33. The van der Waals surface area contributed by atoms with Crippen LogP contribution in [-0.4, -0.2) is 20.1 Å². The standard InChI is InChI=1S/C17H22N2/c1-18-12-17(10-5-11-17)13-19-16-9-4-7-14-6-2-3-8-15(14)16/h2-4,6-9,18-19H,5,10-13H2,1H3. The van der Waals surface area contributed by atoms with Crippen LogP contribution in [0.3, 0.4) is 0 Å². The van der Waals surface area contributed by atoms with Crippen LogP contribution < -0.4 is 10.6 Å². The van der Waals surface area contributed by atoms with E-state index in [1.54, 1.807) is 0 Å². The van der Waals surface area contributed by atoms with Gasteiger partial charge >= 0.3 is 0 Å². The molecule has 2 heteroatoms. The third-order valence-electron chi connectivity index (χ3n) is 4.41. The number of anilines is 1. The highest BCUT2D eigenvalue weighted by Gasteiger charge is 2.35. The molecule has 100 valence electrons. The molecule has 1 aliphatic rings. The van der Waals surface area contributed by atoms with Crippen LogP contribution in [0.1, 0.15) is 19.3 Å². The zero-order valence-corrected chi connectivity index (χ0v) is 11.6. The second kappa shape index (κ2) is 5.22. The first-order valence-electron chi connectivity index (χ1n) is 7.19. The van der Waals surface area contributed by atoms with Gasteiger partial charge in [-0.05, 0) is 31.3 Å². The molecular formula is C17H22N2. The maximum atomic E-state index is 3.68. The van der Waals surface area contributed by atoms with Gasteiger partial charge in [-0.2, -0.15) is 0 Å². The number of nitrogens with one attached hydrogen (secondary N) is 2. The molecule has 0 aliphatic heterocycles. The van der Waals surface area contributed by atoms with Gasteiger partial charge in [-0.15, -0.1) is 0 Å². The van der Waals surface area contributed by atoms with Crippen LogP contribution in [0.4, 0.5) is 5.69 Å². The highest BCUT2D eigenvalue weighted by Crippen LogP contribution is 2.40. The summed E-state index contributed by atoms with van der Waals surface area (Å²) in [5.74, 6) is 0. The molecular weight excluding hydrogens is 232 g/mol. The van der Waals surface area contributed by atoms with Crippen molar-refractivity contribution < 1.29 is 0 Å². The molecule has 2 N–H and O–H groups in total. The molecule has 0 bridgehead atoms. The van der Waals surface area contributed by atoms with E-state index >= 15 is 0 Å². The van der Waals surface area contributed by atoms with Gasteiger partial charge in [0.25, 0.3) is 0 Å². The van der Waals surface area contributed by atoms with E-state index in [0.717, 1.165) is 13.1 Å². The quantitative estimate of drug-likeness (QED) is 0.851. The second-order valence-electron chi connectivity index (χ2n) is 5.76. The first-order valence-corrected chi connectivity index (χ1v) is 7.19. The lowest BCUT2D eigenvalue weighted by Gasteiger charge is -2.42. The molecule has 0 heterocycles. The molecule has 1 fully saturated rings. The second-order valence-corrected chi connectivity index (χ2v) is 5.76. The van der Waals surface area contributed by atoms with E-state index in [0.29, 0.717) is 5.41 Å². The summed E-state index contributed by atoms with van der Waals surface area (Å²) in [6.07, 6.45) is 4.05. The zero-order chi connectivity index (χ0) is 13.1. The fraction of sp³-hybridized carbons (Fsp3) is 0.412. The van der Waals surface area contributed by atoms with Crippen LogP contribution in [0.25, 0.3) is 10.8 Å². The summed E-state index contributed by atoms with van der Waals surface area (Å²) in [6, 6.07) is 15.1. The van der Waals surface area contributed by atoms with Crippen LogP contribution in [0.15, 0.2) is 42.5 Å². The van der Waals surface area contributed by atoms with E-state index in [1.165, 1.54) is 35.7 Å². The van der Waals surface area contributed by atoms with Gasteiger partial charge in [-0.25, -0.2) is 0 Å². The lowest BCUT2D eigenvalue weighted by atomic mass is 9.68. The molecule has 0 aromatic heterocycles. The molecule has 0 atom stereocenters. The molecule has 1 aliphatic carbocycles. The highest BCUT2D eigenvalue weighted by atomic mass is 14.9. The van der Waals surface area contributed by atoms with Crippen LogP contribution in [-0.2, 0) is 0 Å². The van der Waals surface area contributed by atoms with Gasteiger partial charge in [-0.1, -0.05) is 42.8 Å². The molecule has 2 aromatic rings. The van der Waals surface area contributed by atoms with Crippen LogP contribution in [0.5, 0.6) is 0 Å². The van der Waals surface area contributed by atoms with E-state index in [4.69, 9.17) is 0 Å². The fourth-order valence-electron chi connectivity index (χ4n) is 3.13. The van der Waals surface area contributed by atoms with Crippen molar-refractivity contribution >= 4 is 16.5 Å². The first kappa shape index (κ1) is 12.5. The number of hydrogen-bond acceptors (Lipinski definition) is 2. The summed E-state index contributed by atoms with van der Waals surface area (Å²) in [5.41, 5.74) is 1.73. The van der Waals surface area contributed by atoms with Gasteiger partial charge < -0.3 is 10.6 Å². The minimum atomic E-state index is 0.464. The summed E-state index contributed by atoms with van der Waals surface area (Å²) >= 11 is 0. The third kappa shape index (κ3) is 2.45. The Morgan fingerprint density at radius 3 is 2.53 bits per heavy atom. The number of fused-ring (bicyclic) bond motifs is 1. The Morgan fingerprint density at radius 2 is 1.79 bits per heavy atom. The summed E-state index contributed by atoms with van der Waals surface area (Å²) < 4.78 is 0. The normalized spacial score (nSPS) is 17.1. The van der Waals surface area contributed by atoms with Gasteiger partial charge in [0.2, 0.25) is 0 Å². The zero-order valence-electron chi connectivity index (χ0n) is 11.6. The van der Waals surface area contributed by atoms with Gasteiger partial charge in [0, 0.05) is 29.6 Å². The minimum Gasteiger partial charge on any atom is -0.384 e. The molecule has 3 rings (SSSR count). The predicted molar refractivity (Wildman–Crippen MR) is 82.6 cm³/mol. The molecule has 2 aromatic carbocycles. The minimum absolute atomic E-state index is 0.464. The SMILES string of the molecule is CNCC1(CNc2cccc3ccccc23)CCC1. The average Bonchev–Trinajstić information content (AvgIpc) is 2.41. The van der Waals surface area contributed by atoms with Crippen LogP contribution >= 0.6 is 0 Å². The van der Waals surface area contributed by atoms with Gasteiger partial charge in [0.15, 0.2) is 0 Å². The van der Waals surface area contributed by atoms with Crippen molar-refractivity contribution in [3.8, 4) is 0 Å². The molecule has 19 heavy (non-hydrogen) atoms. The Labute approximate surface area is 115 Å². The molecule has 2 nitrogen and oxygen atoms in total. The lowest BCUT2D eigenvalue weighted by Crippen LogP contribution is -2.44. The molecule has 0 radical (unpaired) electrons. The number of benzene rings is 2. The largest absolute Gasteiger partial charge is 0.384 e. The Hall–Kier alpha value is -1.54. The molecule has 0 unspecified atom stereocenters. The van der Waals surface area contributed by atoms with E-state index in [-0.39, 0.29) is 0 Å². The Morgan fingerprint density at radius 1 is 1.00 bits per heavy atom. The van der Waals surface area contributed by atoms with E-state index in [2.05, 4.69) is 60.1 Å². The van der Waals surface area contributed by atoms with Crippen molar-refractivity contribution in [3.63, 3.8) is 0 Å². The van der Waals surface area contributed by atoms with Crippen molar-refractivity contribution in [2.75, 3.05) is 25.5 Å². The van der Waals surface area contributed by atoms with Crippen molar-refractivity contribution in [2.45, 2.75) is 19.3 Å². The Kier molecular flexibility index (Phi) is 3.43. The smallest absolute Gasteiger partial charge is 0.0420 e. The van der Waals surface area contributed by atoms with E-state index < -0.39 is 0 Å². The van der Waals surface area contributed by atoms with Crippen molar-refractivity contribution in [1.29, 1.82) is 0 Å². The summed E-state index contributed by atoms with van der Waals surface area (Å²) in [7, 11) is 2.05. The lowest BCUT2D eigenvalue weighted by molar-refractivity contribution is 0.151. The van der Waals surface area contributed by atoms with Crippen LogP contribution in [0.2, 0.25) is 0 Å². The maximum absolute atomic E-state index is 3.68. The summed E-state index contributed by atoms with van der Waals surface area (Å²) in [5, 5.41) is 9.65. The Bertz CT molecular complexity index is 553. The topological polar surface area (TPSA) is 24.1 Å². The Balaban J connectivity index is 1.78. The molecule has 0 spiro atoms. The van der Waals surface area contributed by atoms with Crippen molar-refractivity contribution in [1.82, 2.24) is 5.32 Å². The number of rotatable bonds is 5. The summed E-state index contributed by atoms with van der Waals surface area (Å²) in [6.45, 7) is 2.19. The summed E-state index contributed by atoms with van der Waals surface area (Å²) in [4.78, 5) is 0. The van der Waals surface area contributed by atoms with Gasteiger partial charge in [-0.3, -0.25) is 0 Å². The van der Waals surface area contributed by atoms with Crippen LogP contribution in [0, 0.1) is 5.41 Å². The fourth-order valence-corrected chi connectivity index (χ4v) is 3.13. The predicted octanol–water partition coefficient (Wildman–Crippen LogP) is 3.64. The monoisotopic (exact) mass is 254 g/mol. The van der Waals surface area contributed by atoms with E-state index in [9.17, 15) is 0 Å². The third-order valence-corrected chi connectivity index (χ3v) is 4.41. The van der Waals surface area contributed by atoms with Crippen molar-refractivity contribution in [3.05, 3.63) is 42.5 Å². The maximum Gasteiger partial charge on any atom is 0.0420 e. The number of hydrogen-bond donors (Lipinski definition) is 2. The van der Waals surface area contributed by atoms with Crippen molar-refractivity contribution in [2.24, 2.45) is 5.41 Å². The van der Waals surface area contributed by atoms with E-state index in [1.807, 2.05) is 0 Å². The average molecular weight is 254 g/mol.